The van der Waals surface area contributed by atoms with Crippen LogP contribution in [0.25, 0.3) is 0 Å². The van der Waals surface area contributed by atoms with Crippen LogP contribution in [0.3, 0.4) is 0 Å². The van der Waals surface area contributed by atoms with Crippen molar-refractivity contribution < 1.29 is 28.6 Å². The molecule has 0 aromatic heterocycles. The van der Waals surface area contributed by atoms with E-state index in [4.69, 9.17) is 14.2 Å². The van der Waals surface area contributed by atoms with Crippen LogP contribution in [0.2, 0.25) is 0 Å². The fraction of sp³-hybridized carbons (Fsp3) is 0.655. The lowest BCUT2D eigenvalue weighted by atomic mass is 10.1. The van der Waals surface area contributed by atoms with Gasteiger partial charge in [-0.3, -0.25) is 14.4 Å². The average molecular weight is 847 g/mol. The first-order valence-corrected chi connectivity index (χ1v) is 24.7. The summed E-state index contributed by atoms with van der Waals surface area (Å²) in [7, 11) is 0. The summed E-state index contributed by atoms with van der Waals surface area (Å²) < 4.78 is 16.7. The molecule has 0 bridgehead atoms. The smallest absolute Gasteiger partial charge is 0.306 e. The monoisotopic (exact) mass is 847 g/mol. The molecule has 0 saturated carbocycles. The van der Waals surface area contributed by atoms with Crippen molar-refractivity contribution in [2.24, 2.45) is 0 Å². The van der Waals surface area contributed by atoms with E-state index in [1.165, 1.54) is 64.2 Å². The Morgan fingerprint density at radius 1 is 0.344 bits per heavy atom. The van der Waals surface area contributed by atoms with Crippen LogP contribution in [0, 0.1) is 0 Å². The van der Waals surface area contributed by atoms with Crippen molar-refractivity contribution in [1.82, 2.24) is 0 Å². The number of allylic oxidation sites excluding steroid dienone is 16. The van der Waals surface area contributed by atoms with Crippen LogP contribution in [0.5, 0.6) is 0 Å². The highest BCUT2D eigenvalue weighted by Crippen LogP contribution is 2.12. The van der Waals surface area contributed by atoms with Crippen LogP contribution in [-0.2, 0) is 28.6 Å². The van der Waals surface area contributed by atoms with Crippen molar-refractivity contribution in [3.05, 3.63) is 97.2 Å². The molecule has 1 atom stereocenters. The number of ether oxygens (including phenoxy) is 3. The van der Waals surface area contributed by atoms with Gasteiger partial charge in [0.15, 0.2) is 6.10 Å². The second kappa shape index (κ2) is 49.0. The summed E-state index contributed by atoms with van der Waals surface area (Å²) in [5.41, 5.74) is 0. The Morgan fingerprint density at radius 2 is 0.689 bits per heavy atom. The van der Waals surface area contributed by atoms with Gasteiger partial charge in [-0.2, -0.15) is 0 Å². The van der Waals surface area contributed by atoms with Crippen LogP contribution < -0.4 is 0 Å². The zero-order chi connectivity index (χ0) is 44.4. The summed E-state index contributed by atoms with van der Waals surface area (Å²) in [6.07, 6.45) is 64.0. The number of rotatable bonds is 43. The van der Waals surface area contributed by atoms with Crippen molar-refractivity contribution in [3.63, 3.8) is 0 Å². The molecule has 0 radical (unpaired) electrons. The second-order valence-electron chi connectivity index (χ2n) is 16.0. The van der Waals surface area contributed by atoms with Crippen LogP contribution >= 0.6 is 0 Å². The maximum Gasteiger partial charge on any atom is 0.306 e. The topological polar surface area (TPSA) is 78.9 Å². The summed E-state index contributed by atoms with van der Waals surface area (Å²) in [6, 6.07) is 0. The summed E-state index contributed by atoms with van der Waals surface area (Å²) in [5.74, 6) is -1.02. The average Bonchev–Trinajstić information content (AvgIpc) is 3.26. The fourth-order valence-electron chi connectivity index (χ4n) is 6.32. The molecule has 0 rings (SSSR count). The lowest BCUT2D eigenvalue weighted by Gasteiger charge is -2.18. The Morgan fingerprint density at radius 3 is 1.15 bits per heavy atom. The summed E-state index contributed by atoms with van der Waals surface area (Å²) in [5, 5.41) is 0. The van der Waals surface area contributed by atoms with Gasteiger partial charge in [-0.1, -0.05) is 189 Å². The predicted molar refractivity (Wildman–Crippen MR) is 260 cm³/mol. The van der Waals surface area contributed by atoms with Gasteiger partial charge in [-0.05, 0) is 103 Å². The van der Waals surface area contributed by atoms with Crippen molar-refractivity contribution in [2.75, 3.05) is 13.2 Å². The first kappa shape index (κ1) is 57.3. The highest BCUT2D eigenvalue weighted by molar-refractivity contribution is 5.71. The molecule has 0 spiro atoms. The van der Waals surface area contributed by atoms with Gasteiger partial charge < -0.3 is 14.2 Å². The van der Waals surface area contributed by atoms with Gasteiger partial charge in [-0.25, -0.2) is 0 Å². The summed E-state index contributed by atoms with van der Waals surface area (Å²) in [4.78, 5) is 37.8. The standard InChI is InChI=1S/C55H90O6/c1-4-7-10-13-16-19-22-24-25-26-27-28-29-31-33-36-39-42-45-48-54(57)60-51-52(50-59-53(56)47-44-41-38-35-32-21-18-15-12-9-6-3)61-55(58)49-46-43-40-37-34-30-23-20-17-14-11-8-5-2/h7,10,15-16,18-20,23-25,27-28,31,33,39,42,52H,4-6,8-9,11-14,17,21-22,26,29-30,32,34-38,40-41,43-51H2,1-3H3/b10-7-,18-15-,19-16-,23-20-,25-24-,28-27-,33-31-,42-39-/t52-/m1/s1. The molecule has 0 aliphatic rings. The quantitative estimate of drug-likeness (QED) is 0.0263. The minimum atomic E-state index is -0.814. The number of hydrogen-bond acceptors (Lipinski definition) is 6. The molecule has 0 amide bonds. The van der Waals surface area contributed by atoms with E-state index in [0.29, 0.717) is 19.3 Å². The zero-order valence-electron chi connectivity index (χ0n) is 39.4. The minimum Gasteiger partial charge on any atom is -0.462 e. The van der Waals surface area contributed by atoms with Gasteiger partial charge in [0.1, 0.15) is 13.2 Å². The van der Waals surface area contributed by atoms with E-state index in [9.17, 15) is 14.4 Å². The first-order chi connectivity index (χ1) is 30.0. The van der Waals surface area contributed by atoms with Gasteiger partial charge in [-0.15, -0.1) is 0 Å². The maximum atomic E-state index is 12.7. The van der Waals surface area contributed by atoms with Crippen LogP contribution in [0.1, 0.15) is 213 Å². The van der Waals surface area contributed by atoms with Gasteiger partial charge in [0, 0.05) is 19.3 Å². The Labute approximate surface area is 375 Å². The van der Waals surface area contributed by atoms with Crippen molar-refractivity contribution in [2.45, 2.75) is 219 Å². The van der Waals surface area contributed by atoms with E-state index in [1.807, 2.05) is 12.2 Å². The third-order valence-corrected chi connectivity index (χ3v) is 10.1. The Bertz CT molecular complexity index is 1250. The molecule has 0 saturated heterocycles. The highest BCUT2D eigenvalue weighted by atomic mass is 16.6. The second-order valence-corrected chi connectivity index (χ2v) is 16.0. The Hall–Kier alpha value is -3.67. The maximum absolute atomic E-state index is 12.7. The molecule has 0 heterocycles. The van der Waals surface area contributed by atoms with Crippen molar-refractivity contribution in [3.8, 4) is 0 Å². The SMILES string of the molecule is CC/C=C\C/C=C\C/C=C\C/C=C\C/C=C\C/C=C\CCC(=O)OC[C@@H](COC(=O)CCCCCCC/C=C\CCCC)OC(=O)CCCCCCC/C=C\CCCCCC. The van der Waals surface area contributed by atoms with Gasteiger partial charge >= 0.3 is 17.9 Å². The molecule has 0 aromatic rings. The third kappa shape index (κ3) is 47.2. The molecule has 0 fully saturated rings. The van der Waals surface area contributed by atoms with Crippen molar-refractivity contribution >= 4 is 17.9 Å². The molecule has 61 heavy (non-hydrogen) atoms. The number of carbonyl (C=O) groups excluding carboxylic acids is 3. The molecular weight excluding hydrogens is 757 g/mol. The minimum absolute atomic E-state index is 0.110. The predicted octanol–water partition coefficient (Wildman–Crippen LogP) is 16.2. The molecular formula is C55H90O6. The molecule has 6 nitrogen and oxygen atoms in total. The molecule has 0 N–H and O–H groups in total. The summed E-state index contributed by atoms with van der Waals surface area (Å²) in [6.45, 7) is 6.37. The number of carbonyl (C=O) groups is 3. The molecule has 0 aliphatic carbocycles. The Balaban J connectivity index is 4.51. The lowest BCUT2D eigenvalue weighted by molar-refractivity contribution is -0.166. The van der Waals surface area contributed by atoms with E-state index in [-0.39, 0.29) is 37.5 Å². The number of hydrogen-bond donors (Lipinski definition) is 0. The molecule has 0 unspecified atom stereocenters. The van der Waals surface area contributed by atoms with E-state index in [2.05, 4.69) is 106 Å². The van der Waals surface area contributed by atoms with Gasteiger partial charge in [0.25, 0.3) is 0 Å². The first-order valence-electron chi connectivity index (χ1n) is 24.7. The Kier molecular flexibility index (Phi) is 46.0. The van der Waals surface area contributed by atoms with E-state index >= 15 is 0 Å². The van der Waals surface area contributed by atoms with Crippen LogP contribution in [0.15, 0.2) is 97.2 Å². The molecule has 0 aromatic carbocycles. The number of unbranched alkanes of at least 4 members (excludes halogenated alkanes) is 16. The molecule has 0 aliphatic heterocycles. The normalized spacial score (nSPS) is 12.9. The van der Waals surface area contributed by atoms with Crippen molar-refractivity contribution in [1.29, 1.82) is 0 Å². The van der Waals surface area contributed by atoms with Gasteiger partial charge in [0.2, 0.25) is 0 Å². The number of esters is 3. The fourth-order valence-corrected chi connectivity index (χ4v) is 6.32. The van der Waals surface area contributed by atoms with E-state index in [1.54, 1.807) is 0 Å². The highest BCUT2D eigenvalue weighted by Gasteiger charge is 2.19. The lowest BCUT2D eigenvalue weighted by Crippen LogP contribution is -2.30. The van der Waals surface area contributed by atoms with Crippen LogP contribution in [0.4, 0.5) is 0 Å². The third-order valence-electron chi connectivity index (χ3n) is 10.1. The zero-order valence-corrected chi connectivity index (χ0v) is 39.4. The van der Waals surface area contributed by atoms with E-state index in [0.717, 1.165) is 103 Å². The van der Waals surface area contributed by atoms with E-state index < -0.39 is 6.10 Å². The summed E-state index contributed by atoms with van der Waals surface area (Å²) >= 11 is 0. The van der Waals surface area contributed by atoms with Gasteiger partial charge in [0.05, 0.1) is 0 Å². The van der Waals surface area contributed by atoms with Crippen LogP contribution in [-0.4, -0.2) is 37.2 Å². The molecule has 346 valence electrons. The molecule has 6 heteroatoms. The largest absolute Gasteiger partial charge is 0.462 e.